The molecule has 2 rings (SSSR count). The lowest BCUT2D eigenvalue weighted by Crippen LogP contribution is -2.53. The Balaban J connectivity index is 2.22. The third-order valence-electron chi connectivity index (χ3n) is 3.25. The normalized spacial score (nSPS) is 23.6. The van der Waals surface area contributed by atoms with Gasteiger partial charge in [0, 0.05) is 18.8 Å². The van der Waals surface area contributed by atoms with E-state index in [1.54, 1.807) is 7.11 Å². The van der Waals surface area contributed by atoms with Crippen molar-refractivity contribution in [3.05, 3.63) is 23.2 Å². The number of benzene rings is 1. The van der Waals surface area contributed by atoms with Crippen LogP contribution < -0.4 is 15.4 Å². The Bertz CT molecular complexity index is 486. The molecular weight excluding hydrogens is 250 g/mol. The molecule has 0 radical (unpaired) electrons. The molecule has 1 aliphatic rings. The summed E-state index contributed by atoms with van der Waals surface area (Å²) in [6.07, 6.45) is 1.65. The predicted octanol–water partition coefficient (Wildman–Crippen LogP) is 2.17. The van der Waals surface area contributed by atoms with Crippen molar-refractivity contribution in [3.63, 3.8) is 0 Å². The van der Waals surface area contributed by atoms with Gasteiger partial charge in [-0.15, -0.1) is 0 Å². The van der Waals surface area contributed by atoms with Crippen molar-refractivity contribution in [2.45, 2.75) is 18.4 Å². The van der Waals surface area contributed by atoms with Crippen molar-refractivity contribution in [3.8, 4) is 11.8 Å². The number of nitriles is 1. The van der Waals surface area contributed by atoms with E-state index in [9.17, 15) is 0 Å². The van der Waals surface area contributed by atoms with E-state index < -0.39 is 5.54 Å². The van der Waals surface area contributed by atoms with Crippen LogP contribution >= 0.6 is 11.6 Å². The Kier molecular flexibility index (Phi) is 3.65. The first-order valence-corrected chi connectivity index (χ1v) is 6.24. The van der Waals surface area contributed by atoms with Crippen molar-refractivity contribution in [2.75, 3.05) is 25.1 Å². The Hall–Kier alpha value is -1.44. The maximum Gasteiger partial charge on any atom is 0.137 e. The summed E-state index contributed by atoms with van der Waals surface area (Å²) < 4.78 is 5.12. The van der Waals surface area contributed by atoms with Crippen LogP contribution in [-0.4, -0.2) is 25.7 Å². The molecule has 1 atom stereocenters. The molecule has 1 fully saturated rings. The zero-order chi connectivity index (χ0) is 13.2. The molecule has 5 heteroatoms. The molecule has 18 heavy (non-hydrogen) atoms. The van der Waals surface area contributed by atoms with Crippen molar-refractivity contribution in [1.29, 1.82) is 5.26 Å². The minimum absolute atomic E-state index is 0.534. The smallest absolute Gasteiger partial charge is 0.137 e. The Morgan fingerprint density at radius 3 is 2.94 bits per heavy atom. The van der Waals surface area contributed by atoms with Gasteiger partial charge in [-0.2, -0.15) is 5.26 Å². The summed E-state index contributed by atoms with van der Waals surface area (Å²) in [6.45, 7) is 1.43. The average molecular weight is 266 g/mol. The standard InChI is InChI=1S/C13H16ClN3O/c1-18-12-4-3-10(7-11(12)14)17-6-2-5-13(16,8-15)9-17/h3-4,7H,2,5-6,9,16H2,1H3. The number of hydrogen-bond donors (Lipinski definition) is 1. The molecule has 1 aromatic carbocycles. The van der Waals surface area contributed by atoms with Crippen LogP contribution in [0.1, 0.15) is 12.8 Å². The maximum atomic E-state index is 9.10. The lowest BCUT2D eigenvalue weighted by Gasteiger charge is -2.37. The molecule has 1 aromatic rings. The number of ether oxygens (including phenoxy) is 1. The monoisotopic (exact) mass is 265 g/mol. The van der Waals surface area contributed by atoms with Crippen LogP contribution in [0.2, 0.25) is 5.02 Å². The van der Waals surface area contributed by atoms with Crippen LogP contribution in [0.5, 0.6) is 5.75 Å². The predicted molar refractivity (Wildman–Crippen MR) is 72.0 cm³/mol. The van der Waals surface area contributed by atoms with Crippen molar-refractivity contribution in [1.82, 2.24) is 0 Å². The Labute approximate surface area is 112 Å². The van der Waals surface area contributed by atoms with E-state index in [1.807, 2.05) is 18.2 Å². The molecule has 1 saturated heterocycles. The number of nitrogens with zero attached hydrogens (tertiary/aromatic N) is 2. The van der Waals surface area contributed by atoms with E-state index >= 15 is 0 Å². The lowest BCUT2D eigenvalue weighted by molar-refractivity contribution is 0.414. The maximum absolute atomic E-state index is 9.10. The molecule has 1 heterocycles. The fourth-order valence-electron chi connectivity index (χ4n) is 2.25. The third-order valence-corrected chi connectivity index (χ3v) is 3.54. The molecule has 0 spiro atoms. The van der Waals surface area contributed by atoms with Crippen LogP contribution in [0, 0.1) is 11.3 Å². The minimum Gasteiger partial charge on any atom is -0.495 e. The first-order chi connectivity index (χ1) is 8.58. The molecule has 2 N–H and O–H groups in total. The molecule has 4 nitrogen and oxygen atoms in total. The van der Waals surface area contributed by atoms with Gasteiger partial charge in [-0.05, 0) is 31.0 Å². The zero-order valence-corrected chi connectivity index (χ0v) is 11.1. The fourth-order valence-corrected chi connectivity index (χ4v) is 2.50. The fraction of sp³-hybridized carbons (Fsp3) is 0.462. The van der Waals surface area contributed by atoms with Gasteiger partial charge in [0.15, 0.2) is 0 Å². The van der Waals surface area contributed by atoms with Crippen molar-refractivity contribution in [2.24, 2.45) is 5.73 Å². The lowest BCUT2D eigenvalue weighted by atomic mass is 9.91. The van der Waals surface area contributed by atoms with E-state index in [4.69, 9.17) is 27.3 Å². The Morgan fingerprint density at radius 1 is 1.56 bits per heavy atom. The molecule has 0 amide bonds. The molecule has 0 bridgehead atoms. The van der Waals surface area contributed by atoms with Crippen LogP contribution in [0.25, 0.3) is 0 Å². The second-order valence-corrected chi connectivity index (χ2v) is 5.02. The first-order valence-electron chi connectivity index (χ1n) is 5.86. The van der Waals surface area contributed by atoms with Gasteiger partial charge in [0.2, 0.25) is 0 Å². The SMILES string of the molecule is COc1ccc(N2CCCC(N)(C#N)C2)cc1Cl. The van der Waals surface area contributed by atoms with E-state index in [0.717, 1.165) is 25.1 Å². The third kappa shape index (κ3) is 2.53. The van der Waals surface area contributed by atoms with Crippen LogP contribution in [0.4, 0.5) is 5.69 Å². The van der Waals surface area contributed by atoms with Crippen molar-refractivity contribution >= 4 is 17.3 Å². The highest BCUT2D eigenvalue weighted by Gasteiger charge is 2.31. The first kappa shape index (κ1) is 13.0. The molecule has 1 unspecified atom stereocenters. The molecular formula is C13H16ClN3O. The van der Waals surface area contributed by atoms with Gasteiger partial charge in [-0.3, -0.25) is 0 Å². The van der Waals surface area contributed by atoms with Gasteiger partial charge >= 0.3 is 0 Å². The zero-order valence-electron chi connectivity index (χ0n) is 10.3. The van der Waals surface area contributed by atoms with E-state index in [-0.39, 0.29) is 0 Å². The summed E-state index contributed by atoms with van der Waals surface area (Å²) in [4.78, 5) is 2.10. The highest BCUT2D eigenvalue weighted by atomic mass is 35.5. The van der Waals surface area contributed by atoms with Crippen LogP contribution in [0.15, 0.2) is 18.2 Å². The highest BCUT2D eigenvalue weighted by Crippen LogP contribution is 2.31. The summed E-state index contributed by atoms with van der Waals surface area (Å²) in [5.41, 5.74) is 6.24. The number of anilines is 1. The molecule has 0 saturated carbocycles. The summed E-state index contributed by atoms with van der Waals surface area (Å²) >= 11 is 6.11. The van der Waals surface area contributed by atoms with Gasteiger partial charge in [0.25, 0.3) is 0 Å². The number of piperidine rings is 1. The molecule has 96 valence electrons. The van der Waals surface area contributed by atoms with Gasteiger partial charge in [0.05, 0.1) is 18.2 Å². The van der Waals surface area contributed by atoms with Crippen LogP contribution in [0.3, 0.4) is 0 Å². The molecule has 0 aromatic heterocycles. The number of halogens is 1. The quantitative estimate of drug-likeness (QED) is 0.890. The molecule has 1 aliphatic heterocycles. The van der Waals surface area contributed by atoms with E-state index in [2.05, 4.69) is 11.0 Å². The van der Waals surface area contributed by atoms with Crippen molar-refractivity contribution < 1.29 is 4.74 Å². The minimum atomic E-state index is -0.759. The van der Waals surface area contributed by atoms with Crippen LogP contribution in [-0.2, 0) is 0 Å². The highest BCUT2D eigenvalue weighted by molar-refractivity contribution is 6.32. The second kappa shape index (κ2) is 5.05. The summed E-state index contributed by atoms with van der Waals surface area (Å²) in [7, 11) is 1.59. The van der Waals surface area contributed by atoms with E-state index in [0.29, 0.717) is 17.3 Å². The number of rotatable bonds is 2. The number of methoxy groups -OCH3 is 1. The van der Waals surface area contributed by atoms with Gasteiger partial charge in [-0.1, -0.05) is 11.6 Å². The summed E-state index contributed by atoms with van der Waals surface area (Å²) in [5, 5.41) is 9.67. The largest absolute Gasteiger partial charge is 0.495 e. The second-order valence-electron chi connectivity index (χ2n) is 4.61. The van der Waals surface area contributed by atoms with Gasteiger partial charge < -0.3 is 15.4 Å². The summed E-state index contributed by atoms with van der Waals surface area (Å²) in [5.74, 6) is 0.650. The number of hydrogen-bond acceptors (Lipinski definition) is 4. The Morgan fingerprint density at radius 2 is 2.33 bits per heavy atom. The topological polar surface area (TPSA) is 62.3 Å². The van der Waals surface area contributed by atoms with Gasteiger partial charge in [-0.25, -0.2) is 0 Å². The molecule has 0 aliphatic carbocycles. The number of nitrogens with two attached hydrogens (primary N) is 1. The van der Waals surface area contributed by atoms with Gasteiger partial charge in [0.1, 0.15) is 11.3 Å². The summed E-state index contributed by atoms with van der Waals surface area (Å²) in [6, 6.07) is 7.81. The average Bonchev–Trinajstić information content (AvgIpc) is 2.39. The van der Waals surface area contributed by atoms with E-state index in [1.165, 1.54) is 0 Å².